The van der Waals surface area contributed by atoms with Crippen LogP contribution in [0.1, 0.15) is 25.2 Å². The molecule has 72 valence electrons. The molecule has 1 aliphatic carbocycles. The van der Waals surface area contributed by atoms with Crippen molar-refractivity contribution in [3.63, 3.8) is 0 Å². The van der Waals surface area contributed by atoms with E-state index in [4.69, 9.17) is 10.2 Å². The van der Waals surface area contributed by atoms with Crippen molar-refractivity contribution in [3.8, 4) is 0 Å². The first kappa shape index (κ1) is 7.85. The molecule has 0 bridgehead atoms. The van der Waals surface area contributed by atoms with Crippen molar-refractivity contribution in [1.82, 2.24) is 4.98 Å². The highest BCUT2D eigenvalue weighted by Gasteiger charge is 2.38. The predicted molar refractivity (Wildman–Crippen MR) is 54.9 cm³/mol. The van der Waals surface area contributed by atoms with Gasteiger partial charge in [-0.15, -0.1) is 0 Å². The molecule has 0 saturated heterocycles. The summed E-state index contributed by atoms with van der Waals surface area (Å²) in [6, 6.07) is 5.58. The van der Waals surface area contributed by atoms with Crippen molar-refractivity contribution < 1.29 is 4.42 Å². The summed E-state index contributed by atoms with van der Waals surface area (Å²) < 4.78 is 5.65. The Balaban J connectivity index is 2.11. The number of nitrogen functional groups attached to an aromatic ring is 1. The Bertz CT molecular complexity index is 489. The molecule has 1 saturated carbocycles. The summed E-state index contributed by atoms with van der Waals surface area (Å²) in [6.07, 6.45) is 1.20. The summed E-state index contributed by atoms with van der Waals surface area (Å²) in [4.78, 5) is 4.44. The summed E-state index contributed by atoms with van der Waals surface area (Å²) >= 11 is 0. The fraction of sp³-hybridized carbons (Fsp3) is 0.364. The molecule has 0 amide bonds. The Kier molecular flexibility index (Phi) is 1.40. The van der Waals surface area contributed by atoms with Crippen LogP contribution in [0, 0.1) is 5.92 Å². The van der Waals surface area contributed by atoms with Crippen LogP contribution in [0.5, 0.6) is 0 Å². The van der Waals surface area contributed by atoms with Crippen molar-refractivity contribution >= 4 is 16.8 Å². The summed E-state index contributed by atoms with van der Waals surface area (Å²) in [5.41, 5.74) is 8.12. The maximum Gasteiger partial charge on any atom is 0.198 e. The number of hydrogen-bond donors (Lipinski definition) is 1. The van der Waals surface area contributed by atoms with Crippen LogP contribution in [0.25, 0.3) is 11.1 Å². The van der Waals surface area contributed by atoms with Gasteiger partial charge in [-0.05, 0) is 30.5 Å². The normalized spacial score (nSPS) is 25.5. The third kappa shape index (κ3) is 1.09. The van der Waals surface area contributed by atoms with E-state index in [0.717, 1.165) is 28.6 Å². The van der Waals surface area contributed by atoms with Gasteiger partial charge in [-0.25, -0.2) is 4.98 Å². The number of nitrogens with two attached hydrogens (primary N) is 1. The molecule has 3 nitrogen and oxygen atoms in total. The minimum Gasteiger partial charge on any atom is -0.440 e. The van der Waals surface area contributed by atoms with Crippen LogP contribution in [0.2, 0.25) is 0 Å². The highest BCUT2D eigenvalue weighted by molar-refractivity contribution is 5.76. The number of anilines is 1. The van der Waals surface area contributed by atoms with Gasteiger partial charge >= 0.3 is 0 Å². The highest BCUT2D eigenvalue weighted by atomic mass is 16.3. The van der Waals surface area contributed by atoms with Crippen molar-refractivity contribution in [2.75, 3.05) is 5.73 Å². The number of benzene rings is 1. The Morgan fingerprint density at radius 1 is 1.50 bits per heavy atom. The molecule has 1 aromatic carbocycles. The van der Waals surface area contributed by atoms with Crippen LogP contribution in [0.15, 0.2) is 22.6 Å². The number of oxazole rings is 1. The summed E-state index contributed by atoms with van der Waals surface area (Å²) in [6.45, 7) is 2.22. The van der Waals surface area contributed by atoms with E-state index >= 15 is 0 Å². The molecule has 3 heteroatoms. The highest BCUT2D eigenvalue weighted by Crippen LogP contribution is 2.47. The Labute approximate surface area is 81.9 Å². The van der Waals surface area contributed by atoms with Crippen LogP contribution in [-0.4, -0.2) is 4.98 Å². The van der Waals surface area contributed by atoms with E-state index in [1.807, 2.05) is 18.2 Å². The molecular formula is C11H12N2O. The van der Waals surface area contributed by atoms with Gasteiger partial charge in [0.25, 0.3) is 0 Å². The predicted octanol–water partition coefficient (Wildman–Crippen LogP) is 2.53. The minimum absolute atomic E-state index is 0.531. The number of aromatic nitrogens is 1. The van der Waals surface area contributed by atoms with Crippen molar-refractivity contribution in [1.29, 1.82) is 0 Å². The molecule has 2 unspecified atom stereocenters. The average molecular weight is 188 g/mol. The SMILES string of the molecule is CC1CC1c1nc2cc(N)ccc2o1. The zero-order valence-electron chi connectivity index (χ0n) is 8.03. The van der Waals surface area contributed by atoms with E-state index in [2.05, 4.69) is 11.9 Å². The van der Waals surface area contributed by atoms with Gasteiger partial charge in [0.05, 0.1) is 0 Å². The van der Waals surface area contributed by atoms with Gasteiger partial charge in [0, 0.05) is 11.6 Å². The number of fused-ring (bicyclic) bond motifs is 1. The topological polar surface area (TPSA) is 52.0 Å². The molecular weight excluding hydrogens is 176 g/mol. The first-order valence-electron chi connectivity index (χ1n) is 4.90. The van der Waals surface area contributed by atoms with E-state index in [-0.39, 0.29) is 0 Å². The lowest BCUT2D eigenvalue weighted by Gasteiger charge is -1.88. The van der Waals surface area contributed by atoms with Gasteiger partial charge in [0.1, 0.15) is 5.52 Å². The Morgan fingerprint density at radius 2 is 2.29 bits per heavy atom. The lowest BCUT2D eigenvalue weighted by molar-refractivity contribution is 0.525. The summed E-state index contributed by atoms with van der Waals surface area (Å²) in [7, 11) is 0. The first-order chi connectivity index (χ1) is 6.74. The van der Waals surface area contributed by atoms with Gasteiger partial charge in [-0.3, -0.25) is 0 Å². The van der Waals surface area contributed by atoms with Crippen LogP contribution >= 0.6 is 0 Å². The van der Waals surface area contributed by atoms with Gasteiger partial charge in [-0.1, -0.05) is 6.92 Å². The largest absolute Gasteiger partial charge is 0.440 e. The third-order valence-electron chi connectivity index (χ3n) is 2.85. The Morgan fingerprint density at radius 3 is 3.00 bits per heavy atom. The lowest BCUT2D eigenvalue weighted by atomic mass is 10.3. The quantitative estimate of drug-likeness (QED) is 0.699. The monoisotopic (exact) mass is 188 g/mol. The zero-order valence-corrected chi connectivity index (χ0v) is 8.03. The van der Waals surface area contributed by atoms with E-state index in [0.29, 0.717) is 5.92 Å². The molecule has 0 aliphatic heterocycles. The molecule has 1 fully saturated rings. The van der Waals surface area contributed by atoms with Gasteiger partial charge in [0.15, 0.2) is 11.5 Å². The van der Waals surface area contributed by atoms with Gasteiger partial charge in [0.2, 0.25) is 0 Å². The summed E-state index contributed by atoms with van der Waals surface area (Å²) in [5, 5.41) is 0. The molecule has 0 radical (unpaired) electrons. The van der Waals surface area contributed by atoms with Crippen molar-refractivity contribution in [2.45, 2.75) is 19.3 Å². The second-order valence-corrected chi connectivity index (χ2v) is 4.10. The molecule has 3 rings (SSSR count). The van der Waals surface area contributed by atoms with Gasteiger partial charge < -0.3 is 10.2 Å². The molecule has 0 spiro atoms. The third-order valence-corrected chi connectivity index (χ3v) is 2.85. The van der Waals surface area contributed by atoms with Crippen LogP contribution in [0.3, 0.4) is 0 Å². The molecule has 1 aliphatic rings. The number of nitrogens with zero attached hydrogens (tertiary/aromatic N) is 1. The summed E-state index contributed by atoms with van der Waals surface area (Å²) in [5.74, 6) is 2.13. The van der Waals surface area contributed by atoms with E-state index in [1.54, 1.807) is 0 Å². The Hall–Kier alpha value is -1.51. The minimum atomic E-state index is 0.531. The first-order valence-corrected chi connectivity index (χ1v) is 4.90. The van der Waals surface area contributed by atoms with Crippen molar-refractivity contribution in [2.24, 2.45) is 5.92 Å². The maximum atomic E-state index is 5.67. The van der Waals surface area contributed by atoms with Crippen LogP contribution < -0.4 is 5.73 Å². The average Bonchev–Trinajstić information content (AvgIpc) is 2.75. The molecule has 2 atom stereocenters. The fourth-order valence-electron chi connectivity index (χ4n) is 1.79. The van der Waals surface area contributed by atoms with Crippen LogP contribution in [-0.2, 0) is 0 Å². The molecule has 1 heterocycles. The lowest BCUT2D eigenvalue weighted by Crippen LogP contribution is -1.82. The smallest absolute Gasteiger partial charge is 0.198 e. The van der Waals surface area contributed by atoms with Crippen molar-refractivity contribution in [3.05, 3.63) is 24.1 Å². The second kappa shape index (κ2) is 2.50. The van der Waals surface area contributed by atoms with Crippen LogP contribution in [0.4, 0.5) is 5.69 Å². The molecule has 1 aromatic heterocycles. The molecule has 2 aromatic rings. The van der Waals surface area contributed by atoms with E-state index in [9.17, 15) is 0 Å². The molecule has 2 N–H and O–H groups in total. The number of rotatable bonds is 1. The van der Waals surface area contributed by atoms with E-state index in [1.165, 1.54) is 6.42 Å². The van der Waals surface area contributed by atoms with Gasteiger partial charge in [-0.2, -0.15) is 0 Å². The second-order valence-electron chi connectivity index (χ2n) is 4.10. The fourth-order valence-corrected chi connectivity index (χ4v) is 1.79. The zero-order chi connectivity index (χ0) is 9.71. The standard InChI is InChI=1S/C11H12N2O/c1-6-4-8(6)11-13-9-5-7(12)2-3-10(9)14-11/h2-3,5-6,8H,4,12H2,1H3. The number of hydrogen-bond acceptors (Lipinski definition) is 3. The van der Waals surface area contributed by atoms with E-state index < -0.39 is 0 Å². The molecule has 14 heavy (non-hydrogen) atoms. The maximum absolute atomic E-state index is 5.67.